The van der Waals surface area contributed by atoms with Crippen molar-refractivity contribution in [3.05, 3.63) is 24.3 Å². The zero-order valence-electron chi connectivity index (χ0n) is 9.82. The smallest absolute Gasteiger partial charge is 0.240 e. The summed E-state index contributed by atoms with van der Waals surface area (Å²) in [5, 5.41) is 2.64. The van der Waals surface area contributed by atoms with E-state index in [0.717, 1.165) is 6.26 Å². The zero-order valence-corrected chi connectivity index (χ0v) is 12.2. The summed E-state index contributed by atoms with van der Waals surface area (Å²) in [6.45, 7) is 3.42. The molecule has 0 aromatic heterocycles. The van der Waals surface area contributed by atoms with Crippen molar-refractivity contribution < 1.29 is 13.2 Å². The second-order valence-electron chi connectivity index (χ2n) is 4.23. The molecular formula is C11H14BrNO3S. The number of carbonyl (C=O) groups excluding carboxylic acids is 1. The fourth-order valence-corrected chi connectivity index (χ4v) is 1.85. The van der Waals surface area contributed by atoms with E-state index in [4.69, 9.17) is 0 Å². The summed E-state index contributed by atoms with van der Waals surface area (Å²) in [5.74, 6) is -0.233. The molecule has 94 valence electrons. The van der Waals surface area contributed by atoms with E-state index in [-0.39, 0.29) is 10.8 Å². The topological polar surface area (TPSA) is 63.2 Å². The van der Waals surface area contributed by atoms with Crippen LogP contribution in [0.1, 0.15) is 13.8 Å². The van der Waals surface area contributed by atoms with Gasteiger partial charge in [-0.1, -0.05) is 22.0 Å². The first-order valence-corrected chi connectivity index (χ1v) is 7.59. The molecule has 0 bridgehead atoms. The molecule has 0 spiro atoms. The predicted molar refractivity (Wildman–Crippen MR) is 71.2 cm³/mol. The van der Waals surface area contributed by atoms with Gasteiger partial charge in [-0.25, -0.2) is 8.42 Å². The van der Waals surface area contributed by atoms with Crippen LogP contribution in [0, 0.1) is 0 Å². The number of benzene rings is 1. The van der Waals surface area contributed by atoms with Gasteiger partial charge in [-0.05, 0) is 32.0 Å². The maximum Gasteiger partial charge on any atom is 0.240 e. The van der Waals surface area contributed by atoms with Crippen molar-refractivity contribution in [2.75, 3.05) is 11.6 Å². The molecule has 0 aliphatic heterocycles. The van der Waals surface area contributed by atoms with Crippen LogP contribution in [-0.2, 0) is 14.6 Å². The van der Waals surface area contributed by atoms with Gasteiger partial charge in [-0.2, -0.15) is 0 Å². The molecule has 0 aliphatic rings. The Morgan fingerprint density at radius 1 is 1.35 bits per heavy atom. The minimum Gasteiger partial charge on any atom is -0.325 e. The number of carbonyl (C=O) groups is 1. The Hall–Kier alpha value is -0.880. The first kappa shape index (κ1) is 14.2. The molecule has 1 amide bonds. The standard InChI is InChI=1S/C11H14BrNO3S/c1-11(2,12)10(14)13-8-5-4-6-9(7-8)17(3,15)16/h4-7H,1-3H3,(H,13,14). The Kier molecular flexibility index (Phi) is 3.99. The summed E-state index contributed by atoms with van der Waals surface area (Å²) < 4.78 is 22.0. The second kappa shape index (κ2) is 4.78. The molecule has 0 aliphatic carbocycles. The van der Waals surface area contributed by atoms with Crippen molar-refractivity contribution in [3.8, 4) is 0 Å². The van der Waals surface area contributed by atoms with E-state index in [1.165, 1.54) is 12.1 Å². The van der Waals surface area contributed by atoms with Gasteiger partial charge in [0.1, 0.15) is 0 Å². The second-order valence-corrected chi connectivity index (χ2v) is 8.22. The Labute approximate surface area is 109 Å². The SMILES string of the molecule is CC(C)(Br)C(=O)Nc1cccc(S(C)(=O)=O)c1. The van der Waals surface area contributed by atoms with Crippen LogP contribution in [-0.4, -0.2) is 24.9 Å². The number of amides is 1. The molecule has 1 aromatic rings. The summed E-state index contributed by atoms with van der Waals surface area (Å²) in [6, 6.07) is 6.16. The number of halogens is 1. The summed E-state index contributed by atoms with van der Waals surface area (Å²) >= 11 is 3.23. The predicted octanol–water partition coefficient (Wildman–Crippen LogP) is 2.20. The number of hydrogen-bond acceptors (Lipinski definition) is 3. The van der Waals surface area contributed by atoms with Crippen LogP contribution in [0.15, 0.2) is 29.2 Å². The minimum atomic E-state index is -3.26. The molecule has 0 unspecified atom stereocenters. The lowest BCUT2D eigenvalue weighted by Gasteiger charge is -2.16. The van der Waals surface area contributed by atoms with Crippen molar-refractivity contribution in [1.29, 1.82) is 0 Å². The highest BCUT2D eigenvalue weighted by atomic mass is 79.9. The van der Waals surface area contributed by atoms with Gasteiger partial charge >= 0.3 is 0 Å². The van der Waals surface area contributed by atoms with Gasteiger partial charge in [-0.15, -0.1) is 0 Å². The minimum absolute atomic E-state index is 0.183. The first-order valence-electron chi connectivity index (χ1n) is 4.91. The van der Waals surface area contributed by atoms with Gasteiger partial charge in [0.25, 0.3) is 0 Å². The molecule has 6 heteroatoms. The highest BCUT2D eigenvalue weighted by Gasteiger charge is 2.23. The average Bonchev–Trinajstić information content (AvgIpc) is 2.15. The fourth-order valence-electron chi connectivity index (χ4n) is 1.08. The highest BCUT2D eigenvalue weighted by Crippen LogP contribution is 2.20. The molecule has 1 aromatic carbocycles. The summed E-state index contributed by atoms with van der Waals surface area (Å²) in [5.41, 5.74) is 0.463. The van der Waals surface area contributed by atoms with E-state index in [9.17, 15) is 13.2 Å². The molecule has 0 saturated carbocycles. The molecule has 0 atom stereocenters. The number of hydrogen-bond donors (Lipinski definition) is 1. The molecule has 1 rings (SSSR count). The van der Waals surface area contributed by atoms with Crippen molar-refractivity contribution >= 4 is 37.4 Å². The lowest BCUT2D eigenvalue weighted by Crippen LogP contribution is -2.30. The van der Waals surface area contributed by atoms with Crippen LogP contribution in [0.5, 0.6) is 0 Å². The maximum atomic E-state index is 11.7. The molecule has 17 heavy (non-hydrogen) atoms. The van der Waals surface area contributed by atoms with E-state index >= 15 is 0 Å². The van der Waals surface area contributed by atoms with Crippen LogP contribution in [0.3, 0.4) is 0 Å². The van der Waals surface area contributed by atoms with Crippen molar-refractivity contribution in [1.82, 2.24) is 0 Å². The molecular weight excluding hydrogens is 306 g/mol. The van der Waals surface area contributed by atoms with Crippen molar-refractivity contribution in [2.45, 2.75) is 23.1 Å². The first-order chi connectivity index (χ1) is 7.60. The number of rotatable bonds is 3. The Morgan fingerprint density at radius 2 is 1.94 bits per heavy atom. The normalized spacial score (nSPS) is 12.2. The third kappa shape index (κ3) is 4.12. The fraction of sp³-hybridized carbons (Fsp3) is 0.364. The molecule has 0 fully saturated rings. The lowest BCUT2D eigenvalue weighted by molar-refractivity contribution is -0.117. The number of nitrogens with one attached hydrogen (secondary N) is 1. The summed E-state index contributed by atoms with van der Waals surface area (Å²) in [6.07, 6.45) is 1.13. The zero-order chi connectivity index (χ0) is 13.3. The van der Waals surface area contributed by atoms with Gasteiger partial charge in [0, 0.05) is 11.9 Å². The van der Waals surface area contributed by atoms with E-state index in [0.29, 0.717) is 5.69 Å². The van der Waals surface area contributed by atoms with Crippen LogP contribution in [0.2, 0.25) is 0 Å². The van der Waals surface area contributed by atoms with Crippen molar-refractivity contribution in [3.63, 3.8) is 0 Å². The van der Waals surface area contributed by atoms with E-state index in [1.54, 1.807) is 26.0 Å². The van der Waals surface area contributed by atoms with Crippen LogP contribution in [0.4, 0.5) is 5.69 Å². The summed E-state index contributed by atoms with van der Waals surface area (Å²) in [4.78, 5) is 11.9. The van der Waals surface area contributed by atoms with Gasteiger partial charge < -0.3 is 5.32 Å². The molecule has 1 N–H and O–H groups in total. The highest BCUT2D eigenvalue weighted by molar-refractivity contribution is 9.10. The Bertz CT molecular complexity index is 532. The van der Waals surface area contributed by atoms with Crippen LogP contribution >= 0.6 is 15.9 Å². The van der Waals surface area contributed by atoms with Crippen molar-refractivity contribution in [2.24, 2.45) is 0 Å². The van der Waals surface area contributed by atoms with E-state index in [1.807, 2.05) is 0 Å². The van der Waals surface area contributed by atoms with Crippen LogP contribution < -0.4 is 5.32 Å². The van der Waals surface area contributed by atoms with E-state index in [2.05, 4.69) is 21.2 Å². The monoisotopic (exact) mass is 319 g/mol. The van der Waals surface area contributed by atoms with Gasteiger partial charge in [0.05, 0.1) is 9.22 Å². The molecule has 4 nitrogen and oxygen atoms in total. The Morgan fingerprint density at radius 3 is 2.41 bits per heavy atom. The largest absolute Gasteiger partial charge is 0.325 e. The molecule has 0 saturated heterocycles. The van der Waals surface area contributed by atoms with Gasteiger partial charge in [0.15, 0.2) is 9.84 Å². The summed E-state index contributed by atoms with van der Waals surface area (Å²) in [7, 11) is -3.26. The third-order valence-corrected chi connectivity index (χ3v) is 3.53. The third-order valence-electron chi connectivity index (χ3n) is 2.06. The maximum absolute atomic E-state index is 11.7. The number of sulfone groups is 1. The molecule has 0 heterocycles. The lowest BCUT2D eigenvalue weighted by atomic mass is 10.2. The quantitative estimate of drug-likeness (QED) is 0.869. The molecule has 0 radical (unpaired) electrons. The van der Waals surface area contributed by atoms with Gasteiger partial charge in [-0.3, -0.25) is 4.79 Å². The Balaban J connectivity index is 2.99. The van der Waals surface area contributed by atoms with E-state index < -0.39 is 14.2 Å². The van der Waals surface area contributed by atoms with Gasteiger partial charge in [0.2, 0.25) is 5.91 Å². The number of alkyl halides is 1. The van der Waals surface area contributed by atoms with Crippen LogP contribution in [0.25, 0.3) is 0 Å². The number of anilines is 1. The average molecular weight is 320 g/mol.